The Morgan fingerprint density at radius 1 is 0.857 bits per heavy atom. The first-order valence-electron chi connectivity index (χ1n) is 5.95. The maximum absolute atomic E-state index is 12.6. The van der Waals surface area contributed by atoms with E-state index in [2.05, 4.69) is 0 Å². The lowest BCUT2D eigenvalue weighted by Crippen LogP contribution is -2.24. The van der Waals surface area contributed by atoms with Gasteiger partial charge in [0.1, 0.15) is 11.5 Å². The molecule has 0 aliphatic heterocycles. The molecule has 0 spiro atoms. The highest BCUT2D eigenvalue weighted by atomic mass is 32.2. The van der Waals surface area contributed by atoms with Crippen LogP contribution in [0.15, 0.2) is 60.7 Å². The Labute approximate surface area is 123 Å². The summed E-state index contributed by atoms with van der Waals surface area (Å²) in [6.07, 6.45) is 0.877. The Morgan fingerprint density at radius 2 is 1.24 bits per heavy atom. The predicted molar refractivity (Wildman–Crippen MR) is 79.7 cm³/mol. The van der Waals surface area contributed by atoms with Gasteiger partial charge in [-0.25, -0.2) is 13.0 Å². The van der Waals surface area contributed by atoms with Crippen LogP contribution in [0.25, 0.3) is 0 Å². The lowest BCUT2D eigenvalue weighted by atomic mass is 10.3. The predicted octanol–water partition coefficient (Wildman–Crippen LogP) is 2.80. The van der Waals surface area contributed by atoms with Crippen molar-refractivity contribution in [2.45, 2.75) is 0 Å². The fourth-order valence-electron chi connectivity index (χ4n) is 1.50. The molecular weight excluding hydrogens is 313 g/mol. The normalized spacial score (nSPS) is 11.9. The van der Waals surface area contributed by atoms with Crippen molar-refractivity contribution >= 4 is 17.8 Å². The van der Waals surface area contributed by atoms with Gasteiger partial charge in [-0.3, -0.25) is 0 Å². The minimum absolute atomic E-state index is 0.230. The second-order valence-corrected chi connectivity index (χ2v) is 7.80. The van der Waals surface area contributed by atoms with Crippen molar-refractivity contribution in [2.24, 2.45) is 0 Å². The Bertz CT molecular complexity index is 688. The van der Waals surface area contributed by atoms with Gasteiger partial charge < -0.3 is 9.05 Å². The summed E-state index contributed by atoms with van der Waals surface area (Å²) in [4.78, 5) is 0. The van der Waals surface area contributed by atoms with Gasteiger partial charge in [-0.2, -0.15) is 0 Å². The third-order valence-electron chi connectivity index (χ3n) is 2.22. The van der Waals surface area contributed by atoms with Crippen LogP contribution in [-0.4, -0.2) is 14.7 Å². The highest BCUT2D eigenvalue weighted by molar-refractivity contribution is 7.94. The average Bonchev–Trinajstić information content (AvgIpc) is 2.38. The molecule has 0 heterocycles. The molecule has 112 valence electrons. The topological polar surface area (TPSA) is 81.7 Å². The summed E-state index contributed by atoms with van der Waals surface area (Å²) in [5, 5.41) is 0. The van der Waals surface area contributed by atoms with E-state index in [1.807, 2.05) is 4.49 Å². The molecular formula is C13H14NO5PS. The zero-order valence-electron chi connectivity index (χ0n) is 11.2. The van der Waals surface area contributed by atoms with Gasteiger partial charge in [-0.1, -0.05) is 40.9 Å². The Morgan fingerprint density at radius 3 is 1.57 bits per heavy atom. The number of nitrogens with one attached hydrogen (secondary N) is 1. The van der Waals surface area contributed by atoms with Gasteiger partial charge in [0, 0.05) is 0 Å². The standard InChI is InChI=1S/C13H14NO5PS/c1-21(16,17)14-20(15,18-12-8-4-2-5-9-12)19-13-10-6-3-7-11-13/h2-11H,1H3,(H,14,15). The van der Waals surface area contributed by atoms with E-state index >= 15 is 0 Å². The summed E-state index contributed by atoms with van der Waals surface area (Å²) < 4.78 is 47.8. The van der Waals surface area contributed by atoms with Crippen molar-refractivity contribution in [3.8, 4) is 11.5 Å². The van der Waals surface area contributed by atoms with Crippen molar-refractivity contribution in [1.82, 2.24) is 4.49 Å². The molecule has 0 radical (unpaired) electrons. The molecule has 2 rings (SSSR count). The van der Waals surface area contributed by atoms with Crippen molar-refractivity contribution in [1.29, 1.82) is 0 Å². The first kappa shape index (κ1) is 15.6. The van der Waals surface area contributed by atoms with Crippen LogP contribution in [0.3, 0.4) is 0 Å². The van der Waals surface area contributed by atoms with Gasteiger partial charge >= 0.3 is 7.75 Å². The molecule has 0 fully saturated rings. The summed E-state index contributed by atoms with van der Waals surface area (Å²) in [5.74, 6) is 0.459. The number of benzene rings is 2. The smallest absolute Gasteiger partial charge is 0.404 e. The average molecular weight is 327 g/mol. The molecule has 1 N–H and O–H groups in total. The number of hydrogen-bond donors (Lipinski definition) is 1. The lowest BCUT2D eigenvalue weighted by Gasteiger charge is -2.19. The maximum Gasteiger partial charge on any atom is 0.526 e. The van der Waals surface area contributed by atoms with Crippen molar-refractivity contribution in [3.05, 3.63) is 60.7 Å². The van der Waals surface area contributed by atoms with E-state index in [0.717, 1.165) is 6.26 Å². The molecule has 8 heteroatoms. The molecule has 2 aromatic rings. The van der Waals surface area contributed by atoms with E-state index < -0.39 is 17.8 Å². The van der Waals surface area contributed by atoms with Gasteiger partial charge in [0.2, 0.25) is 10.0 Å². The highest BCUT2D eigenvalue weighted by Gasteiger charge is 2.32. The first-order valence-corrected chi connectivity index (χ1v) is 9.38. The first-order chi connectivity index (χ1) is 9.86. The summed E-state index contributed by atoms with van der Waals surface area (Å²) in [6.45, 7) is 0. The molecule has 0 bridgehead atoms. The third-order valence-corrected chi connectivity index (χ3v) is 5.34. The Hall–Kier alpha value is -1.82. The number of hydrogen-bond acceptors (Lipinski definition) is 5. The van der Waals surface area contributed by atoms with Crippen LogP contribution in [0.1, 0.15) is 0 Å². The van der Waals surface area contributed by atoms with Crippen molar-refractivity contribution in [2.75, 3.05) is 6.26 Å². The van der Waals surface area contributed by atoms with Crippen LogP contribution >= 0.6 is 7.75 Å². The van der Waals surface area contributed by atoms with Gasteiger partial charge in [-0.15, -0.1) is 0 Å². The molecule has 0 atom stereocenters. The van der Waals surface area contributed by atoms with Gasteiger partial charge in [0.25, 0.3) is 0 Å². The highest BCUT2D eigenvalue weighted by Crippen LogP contribution is 2.45. The molecule has 0 saturated carbocycles. The quantitative estimate of drug-likeness (QED) is 0.825. The largest absolute Gasteiger partial charge is 0.526 e. The summed E-state index contributed by atoms with van der Waals surface area (Å²) in [7, 11) is -7.91. The van der Waals surface area contributed by atoms with Gasteiger partial charge in [-0.05, 0) is 24.3 Å². The fourth-order valence-corrected chi connectivity index (χ4v) is 4.26. The van der Waals surface area contributed by atoms with E-state index in [0.29, 0.717) is 0 Å². The zero-order chi connectivity index (χ0) is 15.3. The lowest BCUT2D eigenvalue weighted by molar-refractivity contribution is 0.381. The van der Waals surface area contributed by atoms with Crippen LogP contribution in [0.4, 0.5) is 0 Å². The number of sulfonamides is 1. The third kappa shape index (κ3) is 5.23. The summed E-state index contributed by atoms with van der Waals surface area (Å²) in [6, 6.07) is 16.4. The monoisotopic (exact) mass is 327 g/mol. The Kier molecular flexibility index (Phi) is 4.67. The molecule has 0 aliphatic rings. The SMILES string of the molecule is CS(=O)(=O)NP(=O)(Oc1ccccc1)Oc1ccccc1. The molecule has 0 amide bonds. The van der Waals surface area contributed by atoms with E-state index in [-0.39, 0.29) is 11.5 Å². The maximum atomic E-state index is 12.6. The van der Waals surface area contributed by atoms with Crippen LogP contribution in [0, 0.1) is 0 Å². The molecule has 0 aliphatic carbocycles. The molecule has 0 unspecified atom stereocenters. The molecule has 2 aromatic carbocycles. The molecule has 6 nitrogen and oxygen atoms in total. The Balaban J connectivity index is 2.28. The van der Waals surface area contributed by atoms with Crippen LogP contribution in [0.5, 0.6) is 11.5 Å². The van der Waals surface area contributed by atoms with Gasteiger partial charge in [0.15, 0.2) is 0 Å². The van der Waals surface area contributed by atoms with Crippen LogP contribution in [-0.2, 0) is 14.6 Å². The van der Waals surface area contributed by atoms with Gasteiger partial charge in [0.05, 0.1) is 6.26 Å². The minimum atomic E-state index is -4.12. The number of para-hydroxylation sites is 2. The van der Waals surface area contributed by atoms with Crippen LogP contribution in [0.2, 0.25) is 0 Å². The second kappa shape index (κ2) is 6.30. The van der Waals surface area contributed by atoms with Crippen molar-refractivity contribution in [3.63, 3.8) is 0 Å². The molecule has 0 aromatic heterocycles. The van der Waals surface area contributed by atoms with E-state index in [1.165, 1.54) is 0 Å². The van der Waals surface area contributed by atoms with E-state index in [9.17, 15) is 13.0 Å². The van der Waals surface area contributed by atoms with Crippen LogP contribution < -0.4 is 13.5 Å². The van der Waals surface area contributed by atoms with Crippen molar-refractivity contribution < 1.29 is 22.0 Å². The van der Waals surface area contributed by atoms with E-state index in [1.54, 1.807) is 60.7 Å². The second-order valence-electron chi connectivity index (χ2n) is 4.17. The van der Waals surface area contributed by atoms with E-state index in [4.69, 9.17) is 9.05 Å². The minimum Gasteiger partial charge on any atom is -0.404 e. The summed E-state index contributed by atoms with van der Waals surface area (Å²) >= 11 is 0. The molecule has 0 saturated heterocycles. The summed E-state index contributed by atoms with van der Waals surface area (Å²) in [5.41, 5.74) is 0. The fraction of sp³-hybridized carbons (Fsp3) is 0.0769. The molecule has 21 heavy (non-hydrogen) atoms. The zero-order valence-corrected chi connectivity index (χ0v) is 12.9. The number of rotatable bonds is 6.